The number of cyclic esters (lactones) is 1. The standard InChI is InChI=1S/C9H10O4/c1-5-4-7(10)8(6(2)12-3)9(11)13-5/h4H,1-3H3/b8-6+. The van der Waals surface area contributed by atoms with Gasteiger partial charge in [-0.15, -0.1) is 0 Å². The number of carbonyl (C=O) groups is 2. The molecule has 0 fully saturated rings. The third-order valence-electron chi connectivity index (χ3n) is 1.70. The summed E-state index contributed by atoms with van der Waals surface area (Å²) < 4.78 is 9.55. The second-order valence-corrected chi connectivity index (χ2v) is 2.64. The van der Waals surface area contributed by atoms with Crippen molar-refractivity contribution in [1.82, 2.24) is 0 Å². The lowest BCUT2D eigenvalue weighted by Gasteiger charge is -2.13. The third kappa shape index (κ3) is 1.77. The molecule has 0 aromatic rings. The van der Waals surface area contributed by atoms with Crippen LogP contribution in [0.3, 0.4) is 0 Å². The zero-order valence-electron chi connectivity index (χ0n) is 7.71. The van der Waals surface area contributed by atoms with E-state index in [4.69, 9.17) is 9.47 Å². The maximum atomic E-state index is 11.3. The molecule has 0 aliphatic carbocycles. The highest BCUT2D eigenvalue weighted by molar-refractivity contribution is 6.23. The van der Waals surface area contributed by atoms with E-state index in [1.54, 1.807) is 13.8 Å². The molecular formula is C9H10O4. The molecule has 4 nitrogen and oxygen atoms in total. The van der Waals surface area contributed by atoms with Crippen LogP contribution < -0.4 is 0 Å². The van der Waals surface area contributed by atoms with Crippen LogP contribution in [0, 0.1) is 0 Å². The maximum Gasteiger partial charge on any atom is 0.350 e. The van der Waals surface area contributed by atoms with E-state index < -0.39 is 5.97 Å². The molecule has 0 radical (unpaired) electrons. The van der Waals surface area contributed by atoms with Crippen molar-refractivity contribution in [3.63, 3.8) is 0 Å². The predicted molar refractivity (Wildman–Crippen MR) is 44.6 cm³/mol. The molecule has 0 saturated carbocycles. The Bertz CT molecular complexity index is 323. The van der Waals surface area contributed by atoms with Crippen LogP contribution in [0.1, 0.15) is 13.8 Å². The van der Waals surface area contributed by atoms with Gasteiger partial charge >= 0.3 is 5.97 Å². The third-order valence-corrected chi connectivity index (χ3v) is 1.70. The van der Waals surface area contributed by atoms with Crippen molar-refractivity contribution >= 4 is 11.8 Å². The second kappa shape index (κ2) is 3.43. The van der Waals surface area contributed by atoms with Gasteiger partial charge in [0.25, 0.3) is 0 Å². The smallest absolute Gasteiger partial charge is 0.350 e. The predicted octanol–water partition coefficient (Wildman–Crippen LogP) is 0.936. The lowest BCUT2D eigenvalue weighted by Crippen LogP contribution is -2.21. The van der Waals surface area contributed by atoms with Gasteiger partial charge < -0.3 is 9.47 Å². The fourth-order valence-corrected chi connectivity index (χ4v) is 1.00. The zero-order valence-corrected chi connectivity index (χ0v) is 7.71. The van der Waals surface area contributed by atoms with Gasteiger partial charge in [0, 0.05) is 6.08 Å². The van der Waals surface area contributed by atoms with Gasteiger partial charge in [0.05, 0.1) is 7.11 Å². The number of allylic oxidation sites excluding steroid dienone is 3. The van der Waals surface area contributed by atoms with Crippen molar-refractivity contribution in [1.29, 1.82) is 0 Å². The van der Waals surface area contributed by atoms with Crippen LogP contribution >= 0.6 is 0 Å². The molecule has 0 bridgehead atoms. The second-order valence-electron chi connectivity index (χ2n) is 2.64. The lowest BCUT2D eigenvalue weighted by molar-refractivity contribution is -0.137. The normalized spacial score (nSPS) is 20.7. The van der Waals surface area contributed by atoms with Crippen LogP contribution in [0.25, 0.3) is 0 Å². The van der Waals surface area contributed by atoms with E-state index in [2.05, 4.69) is 0 Å². The van der Waals surface area contributed by atoms with Gasteiger partial charge in [-0.3, -0.25) is 4.79 Å². The van der Waals surface area contributed by atoms with Gasteiger partial charge in [0.2, 0.25) is 0 Å². The molecule has 1 aliphatic heterocycles. The topological polar surface area (TPSA) is 52.6 Å². The highest BCUT2D eigenvalue weighted by atomic mass is 16.5. The molecule has 1 rings (SSSR count). The molecule has 1 aliphatic rings. The van der Waals surface area contributed by atoms with Gasteiger partial charge in [-0.25, -0.2) is 4.79 Å². The van der Waals surface area contributed by atoms with Gasteiger partial charge in [0.15, 0.2) is 5.78 Å². The Balaban J connectivity index is 3.15. The molecule has 4 heteroatoms. The van der Waals surface area contributed by atoms with E-state index in [1.807, 2.05) is 0 Å². The number of carbonyl (C=O) groups excluding carboxylic acids is 2. The number of ketones is 1. The Morgan fingerprint density at radius 2 is 2.08 bits per heavy atom. The van der Waals surface area contributed by atoms with E-state index in [0.717, 1.165) is 0 Å². The molecule has 0 N–H and O–H groups in total. The molecule has 0 amide bonds. The zero-order chi connectivity index (χ0) is 10.0. The molecule has 0 atom stereocenters. The first-order chi connectivity index (χ1) is 6.06. The van der Waals surface area contributed by atoms with E-state index >= 15 is 0 Å². The molecule has 0 unspecified atom stereocenters. The van der Waals surface area contributed by atoms with E-state index in [1.165, 1.54) is 13.2 Å². The molecule has 0 spiro atoms. The van der Waals surface area contributed by atoms with Crippen LogP contribution in [0.4, 0.5) is 0 Å². The van der Waals surface area contributed by atoms with Crippen molar-refractivity contribution in [2.75, 3.05) is 7.11 Å². The summed E-state index contributed by atoms with van der Waals surface area (Å²) in [6.07, 6.45) is 1.26. The fraction of sp³-hybridized carbons (Fsp3) is 0.333. The van der Waals surface area contributed by atoms with E-state index in [0.29, 0.717) is 5.76 Å². The van der Waals surface area contributed by atoms with Crippen molar-refractivity contribution in [2.24, 2.45) is 0 Å². The van der Waals surface area contributed by atoms with Crippen molar-refractivity contribution < 1.29 is 19.1 Å². The van der Waals surface area contributed by atoms with Crippen LogP contribution in [0.2, 0.25) is 0 Å². The quantitative estimate of drug-likeness (QED) is 0.262. The summed E-state index contributed by atoms with van der Waals surface area (Å²) >= 11 is 0. The highest BCUT2D eigenvalue weighted by Crippen LogP contribution is 2.17. The number of esters is 1. The minimum absolute atomic E-state index is 0.0342. The summed E-state index contributed by atoms with van der Waals surface area (Å²) in [6.45, 7) is 3.09. The molecule has 1 heterocycles. The summed E-state index contributed by atoms with van der Waals surface area (Å²) in [5, 5.41) is 0. The summed E-state index contributed by atoms with van der Waals surface area (Å²) in [6, 6.07) is 0. The molecular weight excluding hydrogens is 172 g/mol. The minimum atomic E-state index is -0.649. The first-order valence-corrected chi connectivity index (χ1v) is 3.76. The maximum absolute atomic E-state index is 11.3. The summed E-state index contributed by atoms with van der Waals surface area (Å²) in [5.74, 6) is -0.432. The summed E-state index contributed by atoms with van der Waals surface area (Å²) in [7, 11) is 1.40. The van der Waals surface area contributed by atoms with Gasteiger partial charge in [0.1, 0.15) is 17.1 Å². The number of ether oxygens (including phenoxy) is 2. The molecule has 13 heavy (non-hydrogen) atoms. The Hall–Kier alpha value is -1.58. The van der Waals surface area contributed by atoms with Crippen molar-refractivity contribution in [3.8, 4) is 0 Å². The fourth-order valence-electron chi connectivity index (χ4n) is 1.00. The first-order valence-electron chi connectivity index (χ1n) is 3.76. The Morgan fingerprint density at radius 3 is 2.54 bits per heavy atom. The van der Waals surface area contributed by atoms with Crippen LogP contribution in [-0.2, 0) is 19.1 Å². The van der Waals surface area contributed by atoms with Crippen LogP contribution in [0.15, 0.2) is 23.2 Å². The number of methoxy groups -OCH3 is 1. The average Bonchev–Trinajstić information content (AvgIpc) is 2.02. The monoisotopic (exact) mass is 182 g/mol. The molecule has 0 aromatic carbocycles. The number of rotatable bonds is 1. The van der Waals surface area contributed by atoms with Crippen LogP contribution in [0.5, 0.6) is 0 Å². The molecule has 0 aromatic heterocycles. The molecule has 0 saturated heterocycles. The first kappa shape index (κ1) is 9.51. The average molecular weight is 182 g/mol. The molecule has 70 valence electrons. The van der Waals surface area contributed by atoms with Crippen LogP contribution in [-0.4, -0.2) is 18.9 Å². The summed E-state index contributed by atoms with van der Waals surface area (Å²) in [5.41, 5.74) is -0.0342. The van der Waals surface area contributed by atoms with Crippen molar-refractivity contribution in [2.45, 2.75) is 13.8 Å². The number of hydrogen-bond acceptors (Lipinski definition) is 4. The summed E-state index contributed by atoms with van der Waals surface area (Å²) in [4.78, 5) is 22.5. The minimum Gasteiger partial charge on any atom is -0.500 e. The lowest BCUT2D eigenvalue weighted by atomic mass is 10.1. The van der Waals surface area contributed by atoms with Gasteiger partial charge in [-0.2, -0.15) is 0 Å². The van der Waals surface area contributed by atoms with E-state index in [9.17, 15) is 9.59 Å². The highest BCUT2D eigenvalue weighted by Gasteiger charge is 2.27. The SMILES string of the molecule is CO/C(C)=C1\C(=O)C=C(C)OC1=O. The number of hydrogen-bond donors (Lipinski definition) is 0. The largest absolute Gasteiger partial charge is 0.500 e. The van der Waals surface area contributed by atoms with Gasteiger partial charge in [-0.1, -0.05) is 0 Å². The van der Waals surface area contributed by atoms with Crippen molar-refractivity contribution in [3.05, 3.63) is 23.2 Å². The Kier molecular flexibility index (Phi) is 2.51. The Morgan fingerprint density at radius 1 is 1.46 bits per heavy atom. The van der Waals surface area contributed by atoms with E-state index in [-0.39, 0.29) is 17.1 Å². The van der Waals surface area contributed by atoms with Gasteiger partial charge in [-0.05, 0) is 13.8 Å². The Labute approximate surface area is 75.8 Å².